The van der Waals surface area contributed by atoms with Crippen LogP contribution in [0.5, 0.6) is 17.2 Å². The first-order chi connectivity index (χ1) is 14.0. The summed E-state index contributed by atoms with van der Waals surface area (Å²) in [5, 5.41) is 3.92. The minimum absolute atomic E-state index is 0.150. The van der Waals surface area contributed by atoms with Gasteiger partial charge in [0.2, 0.25) is 0 Å². The third-order valence-corrected chi connectivity index (χ3v) is 5.78. The molecule has 1 aromatic heterocycles. The molecule has 1 N–H and O–H groups in total. The second-order valence-electron chi connectivity index (χ2n) is 6.33. The molecule has 0 saturated carbocycles. The third kappa shape index (κ3) is 4.86. The van der Waals surface area contributed by atoms with Gasteiger partial charge >= 0.3 is 0 Å². The molecule has 1 heterocycles. The van der Waals surface area contributed by atoms with Gasteiger partial charge in [-0.2, -0.15) is 0 Å². The molecule has 1 amide bonds. The van der Waals surface area contributed by atoms with Gasteiger partial charge in [0, 0.05) is 29.0 Å². The Bertz CT molecular complexity index is 983. The molecule has 0 unspecified atom stereocenters. The molecule has 7 heteroatoms. The van der Waals surface area contributed by atoms with Gasteiger partial charge in [-0.3, -0.25) is 4.79 Å². The molecule has 29 heavy (non-hydrogen) atoms. The number of nitrogens with one attached hydrogen (secondary N) is 1. The predicted molar refractivity (Wildman–Crippen MR) is 114 cm³/mol. The number of benzene rings is 2. The van der Waals surface area contributed by atoms with Crippen LogP contribution in [-0.4, -0.2) is 38.8 Å². The van der Waals surface area contributed by atoms with E-state index < -0.39 is 0 Å². The van der Waals surface area contributed by atoms with Crippen molar-refractivity contribution in [2.24, 2.45) is 0 Å². The molecule has 0 aliphatic rings. The van der Waals surface area contributed by atoms with Gasteiger partial charge in [0.05, 0.1) is 27.0 Å². The number of nitrogens with zero attached hydrogens (tertiary/aromatic N) is 1. The van der Waals surface area contributed by atoms with E-state index >= 15 is 0 Å². The van der Waals surface area contributed by atoms with E-state index in [9.17, 15) is 4.79 Å². The van der Waals surface area contributed by atoms with E-state index in [2.05, 4.69) is 10.3 Å². The Hall–Kier alpha value is -3.06. The van der Waals surface area contributed by atoms with E-state index in [-0.39, 0.29) is 5.91 Å². The highest BCUT2D eigenvalue weighted by molar-refractivity contribution is 7.15. The Morgan fingerprint density at radius 1 is 1.00 bits per heavy atom. The van der Waals surface area contributed by atoms with Crippen LogP contribution in [0.2, 0.25) is 0 Å². The van der Waals surface area contributed by atoms with E-state index in [1.54, 1.807) is 50.9 Å². The number of thiazole rings is 1. The minimum Gasteiger partial charge on any atom is -0.497 e. The molecule has 0 spiro atoms. The second-order valence-corrected chi connectivity index (χ2v) is 7.42. The zero-order chi connectivity index (χ0) is 20.8. The predicted octanol–water partition coefficient (Wildman–Crippen LogP) is 4.12. The van der Waals surface area contributed by atoms with Crippen LogP contribution < -0.4 is 19.5 Å². The molecule has 2 aromatic carbocycles. The minimum atomic E-state index is -0.150. The Labute approximate surface area is 174 Å². The first-order valence-corrected chi connectivity index (χ1v) is 9.98. The number of hydrogen-bond donors (Lipinski definition) is 1. The summed E-state index contributed by atoms with van der Waals surface area (Å²) in [6.07, 6.45) is 0.721. The van der Waals surface area contributed by atoms with E-state index in [4.69, 9.17) is 14.2 Å². The number of aryl methyl sites for hydroxylation is 1. The van der Waals surface area contributed by atoms with Crippen molar-refractivity contribution >= 4 is 17.2 Å². The van der Waals surface area contributed by atoms with Crippen molar-refractivity contribution in [3.8, 4) is 27.8 Å². The third-order valence-electron chi connectivity index (χ3n) is 4.51. The fourth-order valence-corrected chi connectivity index (χ4v) is 3.95. The quantitative estimate of drug-likeness (QED) is 0.603. The van der Waals surface area contributed by atoms with Crippen molar-refractivity contribution in [3.63, 3.8) is 0 Å². The van der Waals surface area contributed by atoms with Crippen LogP contribution in [0.1, 0.15) is 20.9 Å². The lowest BCUT2D eigenvalue weighted by molar-refractivity contribution is 0.0953. The molecule has 0 aliphatic heterocycles. The number of hydrogen-bond acceptors (Lipinski definition) is 6. The molecule has 0 aliphatic carbocycles. The highest BCUT2D eigenvalue weighted by atomic mass is 32.1. The molecule has 0 fully saturated rings. The van der Waals surface area contributed by atoms with Gasteiger partial charge in [-0.25, -0.2) is 4.98 Å². The Morgan fingerprint density at radius 3 is 2.38 bits per heavy atom. The smallest absolute Gasteiger partial charge is 0.251 e. The number of carbonyl (C=O) groups is 1. The second kappa shape index (κ2) is 9.43. The number of rotatable bonds is 8. The number of ether oxygens (including phenoxy) is 3. The fourth-order valence-electron chi connectivity index (χ4n) is 2.89. The van der Waals surface area contributed by atoms with Gasteiger partial charge in [0.1, 0.15) is 10.8 Å². The summed E-state index contributed by atoms with van der Waals surface area (Å²) in [6, 6.07) is 13.0. The van der Waals surface area contributed by atoms with Gasteiger partial charge in [-0.15, -0.1) is 11.3 Å². The lowest BCUT2D eigenvalue weighted by atomic mass is 10.2. The van der Waals surface area contributed by atoms with E-state index in [0.717, 1.165) is 33.3 Å². The molecule has 152 valence electrons. The van der Waals surface area contributed by atoms with Crippen molar-refractivity contribution in [2.45, 2.75) is 13.3 Å². The van der Waals surface area contributed by atoms with Crippen molar-refractivity contribution in [1.82, 2.24) is 10.3 Å². The molecule has 0 bridgehead atoms. The molecular weight excluding hydrogens is 388 g/mol. The van der Waals surface area contributed by atoms with Crippen LogP contribution in [-0.2, 0) is 6.42 Å². The lowest BCUT2D eigenvalue weighted by Gasteiger charge is -2.10. The lowest BCUT2D eigenvalue weighted by Crippen LogP contribution is -2.25. The maximum Gasteiger partial charge on any atom is 0.251 e. The Morgan fingerprint density at radius 2 is 1.72 bits per heavy atom. The normalized spacial score (nSPS) is 10.5. The number of aromatic nitrogens is 1. The number of amides is 1. The highest BCUT2D eigenvalue weighted by Crippen LogP contribution is 2.30. The largest absolute Gasteiger partial charge is 0.497 e. The molecular formula is C22H24N2O4S. The van der Waals surface area contributed by atoms with Gasteiger partial charge in [0.25, 0.3) is 5.91 Å². The van der Waals surface area contributed by atoms with E-state index in [0.29, 0.717) is 23.6 Å². The summed E-state index contributed by atoms with van der Waals surface area (Å²) in [7, 11) is 4.76. The summed E-state index contributed by atoms with van der Waals surface area (Å²) in [6.45, 7) is 2.52. The Balaban J connectivity index is 1.61. The van der Waals surface area contributed by atoms with Crippen molar-refractivity contribution < 1.29 is 19.0 Å². The van der Waals surface area contributed by atoms with Gasteiger partial charge < -0.3 is 19.5 Å². The monoisotopic (exact) mass is 412 g/mol. The zero-order valence-electron chi connectivity index (χ0n) is 16.9. The van der Waals surface area contributed by atoms with Crippen LogP contribution >= 0.6 is 11.3 Å². The average Bonchev–Trinajstić information content (AvgIpc) is 3.13. The summed E-state index contributed by atoms with van der Waals surface area (Å²) >= 11 is 1.64. The van der Waals surface area contributed by atoms with Crippen molar-refractivity contribution in [2.75, 3.05) is 27.9 Å². The standard InChI is InChI=1S/C22H24N2O4S/c1-14-20(29-22(24-14)15-5-8-17(26-2)9-6-15)11-12-23-21(25)16-7-10-18(27-3)19(13-16)28-4/h5-10,13H,11-12H2,1-4H3,(H,23,25). The summed E-state index contributed by atoms with van der Waals surface area (Å²) in [4.78, 5) is 18.3. The van der Waals surface area contributed by atoms with Crippen molar-refractivity contribution in [3.05, 3.63) is 58.6 Å². The van der Waals surface area contributed by atoms with Crippen LogP contribution in [0, 0.1) is 6.92 Å². The van der Waals surface area contributed by atoms with Gasteiger partial charge in [-0.1, -0.05) is 0 Å². The first kappa shape index (κ1) is 20.7. The average molecular weight is 413 g/mol. The van der Waals surface area contributed by atoms with Crippen molar-refractivity contribution in [1.29, 1.82) is 0 Å². The van der Waals surface area contributed by atoms with Crippen LogP contribution in [0.4, 0.5) is 0 Å². The first-order valence-electron chi connectivity index (χ1n) is 9.16. The molecule has 3 rings (SSSR count). The molecule has 6 nitrogen and oxygen atoms in total. The van der Waals surface area contributed by atoms with Gasteiger partial charge in [0.15, 0.2) is 11.5 Å². The van der Waals surface area contributed by atoms with Crippen LogP contribution in [0.25, 0.3) is 10.6 Å². The maximum absolute atomic E-state index is 12.4. The molecule has 3 aromatic rings. The topological polar surface area (TPSA) is 69.7 Å². The maximum atomic E-state index is 12.4. The van der Waals surface area contributed by atoms with E-state index in [1.165, 1.54) is 0 Å². The van der Waals surface area contributed by atoms with Crippen LogP contribution in [0.15, 0.2) is 42.5 Å². The fraction of sp³-hybridized carbons (Fsp3) is 0.273. The number of carbonyl (C=O) groups excluding carboxylic acids is 1. The Kier molecular flexibility index (Phi) is 6.72. The molecule has 0 radical (unpaired) electrons. The van der Waals surface area contributed by atoms with Gasteiger partial charge in [-0.05, 0) is 49.4 Å². The zero-order valence-corrected chi connectivity index (χ0v) is 17.8. The van der Waals surface area contributed by atoms with E-state index in [1.807, 2.05) is 31.2 Å². The summed E-state index contributed by atoms with van der Waals surface area (Å²) in [5.41, 5.74) is 2.57. The summed E-state index contributed by atoms with van der Waals surface area (Å²) < 4.78 is 15.7. The highest BCUT2D eigenvalue weighted by Gasteiger charge is 2.12. The van der Waals surface area contributed by atoms with Crippen LogP contribution in [0.3, 0.4) is 0 Å². The number of methoxy groups -OCH3 is 3. The SMILES string of the molecule is COc1ccc(-c2nc(C)c(CCNC(=O)c3ccc(OC)c(OC)c3)s2)cc1. The molecule has 0 saturated heterocycles. The molecule has 0 atom stereocenters. The summed E-state index contributed by atoms with van der Waals surface area (Å²) in [5.74, 6) is 1.79.